The third-order valence-corrected chi connectivity index (χ3v) is 9.05. The predicted octanol–water partition coefficient (Wildman–Crippen LogP) is 5.21. The van der Waals surface area contributed by atoms with Crippen LogP contribution in [0.4, 0.5) is 4.79 Å². The number of halogens is 2. The van der Waals surface area contributed by atoms with E-state index < -0.39 is 22.1 Å². The second-order valence-corrected chi connectivity index (χ2v) is 13.6. The topological polar surface area (TPSA) is 94.5 Å². The van der Waals surface area contributed by atoms with E-state index in [1.165, 1.54) is 0 Å². The van der Waals surface area contributed by atoms with Gasteiger partial charge in [-0.3, -0.25) is 14.8 Å². The molecule has 3 aromatic rings. The second-order valence-electron chi connectivity index (χ2n) is 10.9. The van der Waals surface area contributed by atoms with E-state index in [0.717, 1.165) is 17.4 Å². The maximum absolute atomic E-state index is 14.7. The molecule has 236 valence electrons. The number of carbonyl (C=O) groups excluding carboxylic acids is 1. The van der Waals surface area contributed by atoms with Crippen molar-refractivity contribution in [2.45, 2.75) is 19.0 Å². The van der Waals surface area contributed by atoms with Crippen molar-refractivity contribution < 1.29 is 17.9 Å². The van der Waals surface area contributed by atoms with Gasteiger partial charge in [-0.25, -0.2) is 17.9 Å². The van der Waals surface area contributed by atoms with E-state index in [2.05, 4.69) is 15.5 Å². The van der Waals surface area contributed by atoms with Gasteiger partial charge in [-0.05, 0) is 60.5 Å². The molecule has 1 fully saturated rings. The van der Waals surface area contributed by atoms with E-state index >= 15 is 0 Å². The first-order valence-corrected chi connectivity index (χ1v) is 17.3. The zero-order chi connectivity index (χ0) is 32.1. The van der Waals surface area contributed by atoms with Crippen LogP contribution in [-0.2, 0) is 10.0 Å². The highest BCUT2D eigenvalue weighted by Crippen LogP contribution is 2.45. The number of hydrogen-bond acceptors (Lipinski definition) is 6. The molecule has 0 radical (unpaired) electrons. The molecular formula is C33H35Cl2N5O4S. The standard InChI is InChI=1S/C33H35Cl2N5O4S/c1-4-23-6-15-28(29(22-23)44-5-2)32-37-30(24-7-11-26(34)12-8-24)31(25-9-13-27(35)14-10-25)40(32)33(41)39-20-18-38(19-21-39)17-16-36-45(3,42)43/h1,6-15,22,30-31,36H,5,16-21H2,2-3H3. The van der Waals surface area contributed by atoms with Gasteiger partial charge >= 0.3 is 6.03 Å². The quantitative estimate of drug-likeness (QED) is 0.317. The Balaban J connectivity index is 1.54. The average molecular weight is 669 g/mol. The van der Waals surface area contributed by atoms with Crippen LogP contribution in [0.15, 0.2) is 71.7 Å². The summed E-state index contributed by atoms with van der Waals surface area (Å²) in [6.07, 6.45) is 6.85. The summed E-state index contributed by atoms with van der Waals surface area (Å²) in [6.45, 7) is 5.30. The SMILES string of the molecule is C#Cc1ccc(C2=NC(c3ccc(Cl)cc3)C(c3ccc(Cl)cc3)N2C(=O)N2CCN(CCNS(C)(=O)=O)CC2)c(OCC)c1. The predicted molar refractivity (Wildman–Crippen MR) is 179 cm³/mol. The van der Waals surface area contributed by atoms with Gasteiger partial charge in [0.1, 0.15) is 17.6 Å². The van der Waals surface area contributed by atoms with E-state index in [9.17, 15) is 13.2 Å². The Morgan fingerprint density at radius 1 is 1.00 bits per heavy atom. The zero-order valence-electron chi connectivity index (χ0n) is 25.1. The lowest BCUT2D eigenvalue weighted by Crippen LogP contribution is -2.54. The van der Waals surface area contributed by atoms with E-state index in [0.29, 0.717) is 78.6 Å². The zero-order valence-corrected chi connectivity index (χ0v) is 27.4. The van der Waals surface area contributed by atoms with E-state index in [1.807, 2.05) is 72.5 Å². The highest BCUT2D eigenvalue weighted by Gasteiger charge is 2.45. The molecule has 2 atom stereocenters. The first kappa shape index (κ1) is 32.8. The van der Waals surface area contributed by atoms with Crippen molar-refractivity contribution in [3.63, 3.8) is 0 Å². The molecule has 2 heterocycles. The third kappa shape index (κ3) is 7.80. The number of amidine groups is 1. The Kier molecular flexibility index (Phi) is 10.4. The molecule has 2 unspecified atom stereocenters. The maximum atomic E-state index is 14.7. The van der Waals surface area contributed by atoms with Crippen LogP contribution in [-0.4, -0.2) is 87.1 Å². The monoisotopic (exact) mass is 667 g/mol. The van der Waals surface area contributed by atoms with Crippen molar-refractivity contribution in [2.24, 2.45) is 4.99 Å². The minimum Gasteiger partial charge on any atom is -0.493 e. The molecule has 3 aromatic carbocycles. The molecule has 9 nitrogen and oxygen atoms in total. The Bertz CT molecular complexity index is 1700. The van der Waals surface area contributed by atoms with Crippen LogP contribution in [0.1, 0.15) is 41.3 Å². The summed E-state index contributed by atoms with van der Waals surface area (Å²) in [4.78, 5) is 25.6. The number of rotatable bonds is 9. The van der Waals surface area contributed by atoms with Crippen LogP contribution in [0.25, 0.3) is 0 Å². The van der Waals surface area contributed by atoms with Gasteiger partial charge in [-0.15, -0.1) is 6.42 Å². The Hall–Kier alpha value is -3.59. The molecule has 45 heavy (non-hydrogen) atoms. The van der Waals surface area contributed by atoms with Crippen molar-refractivity contribution in [2.75, 3.05) is 52.1 Å². The summed E-state index contributed by atoms with van der Waals surface area (Å²) in [5.41, 5.74) is 3.08. The van der Waals surface area contributed by atoms with Crippen molar-refractivity contribution in [1.29, 1.82) is 0 Å². The minimum atomic E-state index is -3.27. The molecule has 2 aliphatic rings. The van der Waals surface area contributed by atoms with Crippen LogP contribution in [0.3, 0.4) is 0 Å². The van der Waals surface area contributed by atoms with Crippen LogP contribution >= 0.6 is 23.2 Å². The Labute approximate surface area is 274 Å². The molecule has 0 aromatic heterocycles. The van der Waals surface area contributed by atoms with Crippen LogP contribution in [0.5, 0.6) is 5.75 Å². The molecule has 0 spiro atoms. The summed E-state index contributed by atoms with van der Waals surface area (Å²) < 4.78 is 31.5. The molecule has 1 N–H and O–H groups in total. The third-order valence-electron chi connectivity index (χ3n) is 7.82. The fourth-order valence-corrected chi connectivity index (χ4v) is 6.34. The lowest BCUT2D eigenvalue weighted by Gasteiger charge is -2.39. The van der Waals surface area contributed by atoms with Gasteiger partial charge in [0.05, 0.1) is 24.5 Å². The highest BCUT2D eigenvalue weighted by atomic mass is 35.5. The van der Waals surface area contributed by atoms with E-state index in [-0.39, 0.29) is 6.03 Å². The lowest BCUT2D eigenvalue weighted by molar-refractivity contribution is 0.120. The number of piperazine rings is 1. The number of carbonyl (C=O) groups is 1. The number of aliphatic imine (C=N–C) groups is 1. The smallest absolute Gasteiger partial charge is 0.326 e. The normalized spacial score (nSPS) is 18.9. The van der Waals surface area contributed by atoms with Gasteiger partial charge in [0.25, 0.3) is 0 Å². The molecule has 5 rings (SSSR count). The number of sulfonamides is 1. The van der Waals surface area contributed by atoms with Crippen molar-refractivity contribution in [1.82, 2.24) is 19.4 Å². The van der Waals surface area contributed by atoms with Crippen molar-refractivity contribution >= 4 is 45.1 Å². The molecular weight excluding hydrogens is 633 g/mol. The number of ether oxygens (including phenoxy) is 1. The number of amides is 2. The minimum absolute atomic E-state index is 0.192. The Morgan fingerprint density at radius 3 is 2.20 bits per heavy atom. The molecule has 0 saturated carbocycles. The molecule has 2 amide bonds. The summed E-state index contributed by atoms with van der Waals surface area (Å²) in [6, 6.07) is 19.3. The summed E-state index contributed by atoms with van der Waals surface area (Å²) in [7, 11) is -3.27. The number of benzene rings is 3. The highest BCUT2D eigenvalue weighted by molar-refractivity contribution is 7.88. The van der Waals surface area contributed by atoms with Gasteiger partial charge in [0.15, 0.2) is 0 Å². The fourth-order valence-electron chi connectivity index (χ4n) is 5.63. The van der Waals surface area contributed by atoms with Crippen LogP contribution < -0.4 is 9.46 Å². The molecule has 12 heteroatoms. The first-order chi connectivity index (χ1) is 21.6. The summed E-state index contributed by atoms with van der Waals surface area (Å²) in [5.74, 6) is 3.68. The second kappa shape index (κ2) is 14.2. The molecule has 0 bridgehead atoms. The van der Waals surface area contributed by atoms with Crippen LogP contribution in [0, 0.1) is 12.3 Å². The van der Waals surface area contributed by atoms with Gasteiger partial charge in [-0.2, -0.15) is 0 Å². The van der Waals surface area contributed by atoms with E-state index in [4.69, 9.17) is 39.4 Å². The maximum Gasteiger partial charge on any atom is 0.326 e. The van der Waals surface area contributed by atoms with Gasteiger partial charge in [0.2, 0.25) is 10.0 Å². The number of nitrogens with zero attached hydrogens (tertiary/aromatic N) is 4. The van der Waals surface area contributed by atoms with Gasteiger partial charge in [-0.1, -0.05) is 53.4 Å². The summed E-state index contributed by atoms with van der Waals surface area (Å²) >= 11 is 12.5. The lowest BCUT2D eigenvalue weighted by atomic mass is 9.93. The van der Waals surface area contributed by atoms with Crippen molar-refractivity contribution in [3.8, 4) is 18.1 Å². The largest absolute Gasteiger partial charge is 0.493 e. The fraction of sp³-hybridized carbons (Fsp3) is 0.333. The van der Waals surface area contributed by atoms with Crippen LogP contribution in [0.2, 0.25) is 10.0 Å². The van der Waals surface area contributed by atoms with Crippen molar-refractivity contribution in [3.05, 3.63) is 99.0 Å². The Morgan fingerprint density at radius 2 is 1.62 bits per heavy atom. The number of terminal acetylenes is 1. The number of nitrogens with one attached hydrogen (secondary N) is 1. The molecule has 2 aliphatic heterocycles. The average Bonchev–Trinajstić information content (AvgIpc) is 3.41. The molecule has 1 saturated heterocycles. The number of urea groups is 1. The van der Waals surface area contributed by atoms with Gasteiger partial charge in [0, 0.05) is 54.9 Å². The first-order valence-electron chi connectivity index (χ1n) is 14.7. The summed E-state index contributed by atoms with van der Waals surface area (Å²) in [5, 5.41) is 1.19. The molecule has 0 aliphatic carbocycles. The number of hydrogen-bond donors (Lipinski definition) is 1. The van der Waals surface area contributed by atoms with E-state index in [1.54, 1.807) is 11.0 Å². The van der Waals surface area contributed by atoms with Gasteiger partial charge < -0.3 is 9.64 Å².